The third-order valence-corrected chi connectivity index (χ3v) is 5.91. The minimum absolute atomic E-state index is 0. The summed E-state index contributed by atoms with van der Waals surface area (Å²) in [5.41, 5.74) is -4.08. The molecular weight excluding hydrogens is 508 g/mol. The molecule has 2 N–H and O–H groups in total. The summed E-state index contributed by atoms with van der Waals surface area (Å²) in [5, 5.41) is 6.30. The zero-order chi connectivity index (χ0) is 19.9. The highest BCUT2D eigenvalue weighted by atomic mass is 127. The number of alkyl halides is 3. The maximum Gasteiger partial charge on any atom is 0.511 e. The molecule has 0 unspecified atom stereocenters. The third-order valence-electron chi connectivity index (χ3n) is 4.28. The van der Waals surface area contributed by atoms with Crippen LogP contribution in [0.5, 0.6) is 0 Å². The van der Waals surface area contributed by atoms with Crippen molar-refractivity contribution in [1.82, 2.24) is 14.9 Å². The Morgan fingerprint density at radius 1 is 1.21 bits per heavy atom. The lowest BCUT2D eigenvalue weighted by Gasteiger charge is -2.32. The summed E-state index contributed by atoms with van der Waals surface area (Å²) < 4.78 is 61.3. The predicted octanol–water partition coefficient (Wildman–Crippen LogP) is 2.72. The quantitative estimate of drug-likeness (QED) is 0.335. The van der Waals surface area contributed by atoms with Crippen LogP contribution in [0, 0.1) is 0 Å². The SMILES string of the molecule is CCNC(=NCCc1ccccc1)NC1CCN(S(=O)(=O)C(F)(F)F)CC1.I. The first-order valence-electron chi connectivity index (χ1n) is 8.89. The van der Waals surface area contributed by atoms with Crippen LogP contribution >= 0.6 is 24.0 Å². The molecule has 1 heterocycles. The average molecular weight is 534 g/mol. The standard InChI is InChI=1S/C17H25F3N4O2S.HI/c1-2-21-16(22-11-8-14-6-4-3-5-7-14)23-15-9-12-24(13-10-15)27(25,26)17(18,19)20;/h3-7,15H,2,8-13H2,1H3,(H2,21,22,23);1H. The molecule has 0 atom stereocenters. The summed E-state index contributed by atoms with van der Waals surface area (Å²) in [6, 6.07) is 9.79. The summed E-state index contributed by atoms with van der Waals surface area (Å²) in [4.78, 5) is 4.49. The van der Waals surface area contributed by atoms with Gasteiger partial charge in [-0.2, -0.15) is 17.5 Å². The van der Waals surface area contributed by atoms with Crippen LogP contribution in [0.25, 0.3) is 0 Å². The van der Waals surface area contributed by atoms with E-state index >= 15 is 0 Å². The van der Waals surface area contributed by atoms with Crippen LogP contribution in [0.1, 0.15) is 25.3 Å². The predicted molar refractivity (Wildman–Crippen MR) is 114 cm³/mol. The van der Waals surface area contributed by atoms with E-state index in [1.807, 2.05) is 37.3 Å². The minimum Gasteiger partial charge on any atom is -0.357 e. The Bertz CT molecular complexity index is 722. The van der Waals surface area contributed by atoms with Gasteiger partial charge in [0, 0.05) is 32.2 Å². The van der Waals surface area contributed by atoms with Crippen molar-refractivity contribution >= 4 is 40.0 Å². The minimum atomic E-state index is -5.25. The molecule has 11 heteroatoms. The second kappa shape index (κ2) is 11.2. The molecule has 0 aromatic heterocycles. The number of halogens is 4. The average Bonchev–Trinajstić information content (AvgIpc) is 2.62. The topological polar surface area (TPSA) is 73.8 Å². The second-order valence-electron chi connectivity index (χ2n) is 6.26. The van der Waals surface area contributed by atoms with Crippen molar-refractivity contribution in [1.29, 1.82) is 0 Å². The maximum atomic E-state index is 12.6. The van der Waals surface area contributed by atoms with Crippen LogP contribution < -0.4 is 10.6 Å². The molecule has 0 amide bonds. The zero-order valence-electron chi connectivity index (χ0n) is 15.6. The van der Waals surface area contributed by atoms with Crippen molar-refractivity contribution in [2.24, 2.45) is 4.99 Å². The summed E-state index contributed by atoms with van der Waals surface area (Å²) in [5.74, 6) is 0.588. The van der Waals surface area contributed by atoms with Gasteiger partial charge >= 0.3 is 15.5 Å². The number of piperidine rings is 1. The van der Waals surface area contributed by atoms with Crippen LogP contribution in [0.2, 0.25) is 0 Å². The van der Waals surface area contributed by atoms with Crippen molar-refractivity contribution < 1.29 is 21.6 Å². The monoisotopic (exact) mass is 534 g/mol. The van der Waals surface area contributed by atoms with Gasteiger partial charge in [-0.3, -0.25) is 4.99 Å². The van der Waals surface area contributed by atoms with Gasteiger partial charge in [-0.1, -0.05) is 30.3 Å². The molecule has 0 saturated carbocycles. The van der Waals surface area contributed by atoms with Gasteiger partial charge in [0.05, 0.1) is 0 Å². The molecule has 1 saturated heterocycles. The molecule has 6 nitrogen and oxygen atoms in total. The lowest BCUT2D eigenvalue weighted by Crippen LogP contribution is -2.51. The summed E-state index contributed by atoms with van der Waals surface area (Å²) >= 11 is 0. The second-order valence-corrected chi connectivity index (χ2v) is 8.19. The number of nitrogens with zero attached hydrogens (tertiary/aromatic N) is 2. The molecule has 1 aromatic carbocycles. The van der Waals surface area contributed by atoms with Crippen LogP contribution in [0.4, 0.5) is 13.2 Å². The zero-order valence-corrected chi connectivity index (χ0v) is 18.7. The van der Waals surface area contributed by atoms with Gasteiger partial charge in [-0.25, -0.2) is 8.42 Å². The number of nitrogens with one attached hydrogen (secondary N) is 2. The van der Waals surface area contributed by atoms with Crippen LogP contribution in [-0.4, -0.2) is 56.4 Å². The number of sulfonamides is 1. The molecule has 1 aromatic rings. The molecule has 1 aliphatic heterocycles. The van der Waals surface area contributed by atoms with Crippen LogP contribution in [-0.2, 0) is 16.4 Å². The molecule has 28 heavy (non-hydrogen) atoms. The lowest BCUT2D eigenvalue weighted by molar-refractivity contribution is -0.0494. The third kappa shape index (κ3) is 7.07. The van der Waals surface area contributed by atoms with Gasteiger partial charge in [0.2, 0.25) is 0 Å². The van der Waals surface area contributed by atoms with E-state index < -0.39 is 15.5 Å². The van der Waals surface area contributed by atoms with E-state index in [0.29, 0.717) is 36.2 Å². The summed E-state index contributed by atoms with van der Waals surface area (Å²) in [7, 11) is -5.25. The van der Waals surface area contributed by atoms with Gasteiger partial charge < -0.3 is 10.6 Å². The van der Waals surface area contributed by atoms with Crippen LogP contribution in [0.3, 0.4) is 0 Å². The van der Waals surface area contributed by atoms with E-state index in [-0.39, 0.29) is 43.1 Å². The highest BCUT2D eigenvalue weighted by molar-refractivity contribution is 14.0. The summed E-state index contributed by atoms with van der Waals surface area (Å²) in [6.45, 7) is 2.82. The Labute approximate surface area is 181 Å². The molecule has 2 rings (SSSR count). The smallest absolute Gasteiger partial charge is 0.357 e. The van der Waals surface area contributed by atoms with Gasteiger partial charge in [-0.15, -0.1) is 24.0 Å². The van der Waals surface area contributed by atoms with Gasteiger partial charge in [0.25, 0.3) is 0 Å². The fourth-order valence-corrected chi connectivity index (χ4v) is 3.83. The molecule has 1 aliphatic rings. The Kier molecular flexibility index (Phi) is 9.98. The number of hydrogen-bond acceptors (Lipinski definition) is 3. The number of benzene rings is 1. The maximum absolute atomic E-state index is 12.6. The van der Waals surface area contributed by atoms with E-state index in [9.17, 15) is 21.6 Å². The van der Waals surface area contributed by atoms with E-state index in [1.165, 1.54) is 5.56 Å². The molecular formula is C17H26F3IN4O2S. The Balaban J connectivity index is 0.00000392. The molecule has 160 valence electrons. The molecule has 0 spiro atoms. The van der Waals surface area contributed by atoms with Crippen molar-refractivity contribution in [2.75, 3.05) is 26.2 Å². The van der Waals surface area contributed by atoms with Crippen molar-refractivity contribution in [3.05, 3.63) is 35.9 Å². The fourth-order valence-electron chi connectivity index (χ4n) is 2.84. The molecule has 0 bridgehead atoms. The van der Waals surface area contributed by atoms with Crippen molar-refractivity contribution in [3.8, 4) is 0 Å². The molecule has 1 fully saturated rings. The summed E-state index contributed by atoms with van der Waals surface area (Å²) in [6.07, 6.45) is 1.36. The number of guanidine groups is 1. The van der Waals surface area contributed by atoms with E-state index in [1.54, 1.807) is 0 Å². The number of hydrogen-bond donors (Lipinski definition) is 2. The van der Waals surface area contributed by atoms with Crippen molar-refractivity contribution in [2.45, 2.75) is 37.7 Å². The number of rotatable bonds is 6. The first-order chi connectivity index (χ1) is 12.7. The van der Waals surface area contributed by atoms with E-state index in [0.717, 1.165) is 6.42 Å². The number of aliphatic imine (C=N–C) groups is 1. The van der Waals surface area contributed by atoms with E-state index in [4.69, 9.17) is 0 Å². The Hall–Kier alpha value is -1.08. The van der Waals surface area contributed by atoms with Gasteiger partial charge in [0.1, 0.15) is 0 Å². The molecule has 0 aliphatic carbocycles. The molecule has 0 radical (unpaired) electrons. The first-order valence-corrected chi connectivity index (χ1v) is 10.3. The normalized spacial score (nSPS) is 17.1. The fraction of sp³-hybridized carbons (Fsp3) is 0.588. The largest absolute Gasteiger partial charge is 0.511 e. The van der Waals surface area contributed by atoms with Gasteiger partial charge in [-0.05, 0) is 31.7 Å². The Morgan fingerprint density at radius 3 is 2.36 bits per heavy atom. The lowest BCUT2D eigenvalue weighted by atomic mass is 10.1. The van der Waals surface area contributed by atoms with Gasteiger partial charge in [0.15, 0.2) is 5.96 Å². The van der Waals surface area contributed by atoms with Crippen molar-refractivity contribution in [3.63, 3.8) is 0 Å². The first kappa shape index (κ1) is 25.0. The van der Waals surface area contributed by atoms with Crippen LogP contribution in [0.15, 0.2) is 35.3 Å². The highest BCUT2D eigenvalue weighted by Gasteiger charge is 2.50. The Morgan fingerprint density at radius 2 is 1.82 bits per heavy atom. The highest BCUT2D eigenvalue weighted by Crippen LogP contribution is 2.28. The van der Waals surface area contributed by atoms with E-state index in [2.05, 4.69) is 15.6 Å².